The lowest BCUT2D eigenvalue weighted by molar-refractivity contribution is 0.0938. The highest BCUT2D eigenvalue weighted by Crippen LogP contribution is 2.31. The zero-order chi connectivity index (χ0) is 15.3. The van der Waals surface area contributed by atoms with E-state index < -0.39 is 11.9 Å². The lowest BCUT2D eigenvalue weighted by Crippen LogP contribution is -2.21. The molecular formula is C17H11NO4. The van der Waals surface area contributed by atoms with Gasteiger partial charge >= 0.3 is 0 Å². The fraction of sp³-hybridized carbons (Fsp3) is 0.0588. The Labute approximate surface area is 124 Å². The molecule has 5 nitrogen and oxygen atoms in total. The van der Waals surface area contributed by atoms with E-state index in [2.05, 4.69) is 5.32 Å². The smallest absolute Gasteiger partial charge is 0.288 e. The van der Waals surface area contributed by atoms with Crippen LogP contribution in [0.1, 0.15) is 27.7 Å². The molecule has 108 valence electrons. The summed E-state index contributed by atoms with van der Waals surface area (Å²) in [6.07, 6.45) is 0. The number of amides is 1. The summed E-state index contributed by atoms with van der Waals surface area (Å²) in [4.78, 5) is 24.8. The van der Waals surface area contributed by atoms with E-state index in [4.69, 9.17) is 4.42 Å². The van der Waals surface area contributed by atoms with Crippen LogP contribution in [0, 0.1) is 0 Å². The second kappa shape index (κ2) is 4.46. The van der Waals surface area contributed by atoms with Crippen molar-refractivity contribution in [3.05, 3.63) is 75.6 Å². The average molecular weight is 293 g/mol. The van der Waals surface area contributed by atoms with Crippen molar-refractivity contribution in [3.8, 4) is 5.75 Å². The summed E-state index contributed by atoms with van der Waals surface area (Å²) < 4.78 is 5.61. The molecule has 4 rings (SSSR count). The molecule has 0 fully saturated rings. The van der Waals surface area contributed by atoms with E-state index >= 15 is 0 Å². The van der Waals surface area contributed by atoms with Gasteiger partial charge in [-0.25, -0.2) is 0 Å². The van der Waals surface area contributed by atoms with Gasteiger partial charge in [-0.1, -0.05) is 24.3 Å². The van der Waals surface area contributed by atoms with Crippen molar-refractivity contribution in [1.82, 2.24) is 5.32 Å². The molecule has 0 spiro atoms. The minimum Gasteiger partial charge on any atom is -0.508 e. The first-order valence-electron chi connectivity index (χ1n) is 6.80. The molecule has 1 atom stereocenters. The Morgan fingerprint density at radius 2 is 1.73 bits per heavy atom. The lowest BCUT2D eigenvalue weighted by Gasteiger charge is -2.11. The normalized spacial score (nSPS) is 16.5. The van der Waals surface area contributed by atoms with Crippen LogP contribution in [0.3, 0.4) is 0 Å². The number of fused-ring (bicyclic) bond motifs is 2. The topological polar surface area (TPSA) is 79.5 Å². The van der Waals surface area contributed by atoms with Crippen LogP contribution < -0.4 is 10.7 Å². The van der Waals surface area contributed by atoms with Crippen LogP contribution in [0.2, 0.25) is 0 Å². The van der Waals surface area contributed by atoms with Crippen molar-refractivity contribution in [1.29, 1.82) is 0 Å². The number of rotatable bonds is 1. The van der Waals surface area contributed by atoms with Crippen molar-refractivity contribution in [2.24, 2.45) is 0 Å². The summed E-state index contributed by atoms with van der Waals surface area (Å²) in [6, 6.07) is 12.7. The van der Waals surface area contributed by atoms with E-state index in [1.54, 1.807) is 36.4 Å². The minimum absolute atomic E-state index is 0.0572. The predicted octanol–water partition coefficient (Wildman–Crippen LogP) is 2.33. The highest BCUT2D eigenvalue weighted by atomic mass is 16.3. The summed E-state index contributed by atoms with van der Waals surface area (Å²) >= 11 is 0. The number of carbonyl (C=O) groups excluding carboxylic acids is 1. The van der Waals surface area contributed by atoms with E-state index in [0.717, 1.165) is 0 Å². The fourth-order valence-corrected chi connectivity index (χ4v) is 2.77. The molecule has 1 unspecified atom stereocenters. The van der Waals surface area contributed by atoms with Gasteiger partial charge in [0.25, 0.3) is 5.91 Å². The maximum Gasteiger partial charge on any atom is 0.288 e. The summed E-state index contributed by atoms with van der Waals surface area (Å²) in [5.74, 6) is -0.225. The number of para-hydroxylation sites is 1. The van der Waals surface area contributed by atoms with Crippen LogP contribution in [0.15, 0.2) is 57.7 Å². The van der Waals surface area contributed by atoms with Gasteiger partial charge in [0, 0.05) is 0 Å². The van der Waals surface area contributed by atoms with E-state index in [9.17, 15) is 14.7 Å². The number of benzene rings is 2. The summed E-state index contributed by atoms with van der Waals surface area (Å²) in [7, 11) is 0. The summed E-state index contributed by atoms with van der Waals surface area (Å²) in [5, 5.41) is 12.6. The first-order chi connectivity index (χ1) is 10.6. The van der Waals surface area contributed by atoms with Gasteiger partial charge in [0.1, 0.15) is 11.3 Å². The van der Waals surface area contributed by atoms with Gasteiger partial charge in [-0.2, -0.15) is 0 Å². The molecule has 5 heteroatoms. The first-order valence-corrected chi connectivity index (χ1v) is 6.80. The van der Waals surface area contributed by atoms with Crippen LogP contribution in [0.25, 0.3) is 11.0 Å². The van der Waals surface area contributed by atoms with Crippen molar-refractivity contribution in [3.63, 3.8) is 0 Å². The van der Waals surface area contributed by atoms with Crippen LogP contribution in [-0.2, 0) is 0 Å². The van der Waals surface area contributed by atoms with Gasteiger partial charge in [0.15, 0.2) is 5.43 Å². The third-order valence-corrected chi connectivity index (χ3v) is 3.83. The Bertz CT molecular complexity index is 957. The number of phenolic OH excluding ortho intramolecular Hbond substituents is 1. The predicted molar refractivity (Wildman–Crippen MR) is 79.9 cm³/mol. The van der Waals surface area contributed by atoms with Crippen LogP contribution in [-0.4, -0.2) is 11.0 Å². The van der Waals surface area contributed by atoms with Crippen LogP contribution in [0.4, 0.5) is 0 Å². The van der Waals surface area contributed by atoms with Crippen molar-refractivity contribution < 1.29 is 14.3 Å². The number of hydrogen-bond donors (Lipinski definition) is 2. The molecular weight excluding hydrogens is 282 g/mol. The van der Waals surface area contributed by atoms with Gasteiger partial charge < -0.3 is 14.8 Å². The number of carbonyl (C=O) groups is 1. The average Bonchev–Trinajstić information content (AvgIpc) is 2.86. The Hall–Kier alpha value is -3.08. The molecule has 1 amide bonds. The van der Waals surface area contributed by atoms with Crippen molar-refractivity contribution in [2.45, 2.75) is 6.04 Å². The molecule has 1 aliphatic heterocycles. The van der Waals surface area contributed by atoms with Crippen LogP contribution >= 0.6 is 0 Å². The Morgan fingerprint density at radius 3 is 2.50 bits per heavy atom. The minimum atomic E-state index is -0.566. The second-order valence-electron chi connectivity index (χ2n) is 5.17. The van der Waals surface area contributed by atoms with Gasteiger partial charge in [-0.3, -0.25) is 9.59 Å². The monoisotopic (exact) mass is 293 g/mol. The number of hydrogen-bond acceptors (Lipinski definition) is 4. The fourth-order valence-electron chi connectivity index (χ4n) is 2.77. The molecule has 1 aromatic heterocycles. The molecule has 0 radical (unpaired) electrons. The summed E-state index contributed by atoms with van der Waals surface area (Å²) in [5.41, 5.74) is 1.21. The van der Waals surface area contributed by atoms with E-state index in [0.29, 0.717) is 22.1 Å². The third-order valence-electron chi connectivity index (χ3n) is 3.83. The molecule has 0 bridgehead atoms. The van der Waals surface area contributed by atoms with Gasteiger partial charge in [-0.15, -0.1) is 0 Å². The number of nitrogens with one attached hydrogen (secondary N) is 1. The van der Waals surface area contributed by atoms with Crippen LogP contribution in [0.5, 0.6) is 5.75 Å². The molecule has 2 aromatic carbocycles. The lowest BCUT2D eigenvalue weighted by atomic mass is 9.99. The van der Waals surface area contributed by atoms with E-state index in [1.807, 2.05) is 0 Å². The number of phenols is 1. The highest BCUT2D eigenvalue weighted by molar-refractivity contribution is 5.98. The maximum absolute atomic E-state index is 12.7. The second-order valence-corrected chi connectivity index (χ2v) is 5.17. The van der Waals surface area contributed by atoms with Gasteiger partial charge in [0.05, 0.1) is 17.0 Å². The van der Waals surface area contributed by atoms with Gasteiger partial charge in [-0.05, 0) is 29.8 Å². The Morgan fingerprint density at radius 1 is 1.00 bits per heavy atom. The van der Waals surface area contributed by atoms with Crippen molar-refractivity contribution >= 4 is 16.9 Å². The molecule has 2 heterocycles. The quantitative estimate of drug-likeness (QED) is 0.721. The molecule has 22 heavy (non-hydrogen) atoms. The van der Waals surface area contributed by atoms with Crippen molar-refractivity contribution in [2.75, 3.05) is 0 Å². The third kappa shape index (κ3) is 1.72. The summed E-state index contributed by atoms with van der Waals surface area (Å²) in [6.45, 7) is 0. The molecule has 3 aromatic rings. The Balaban J connectivity index is 1.99. The molecule has 0 saturated heterocycles. The first kappa shape index (κ1) is 12.6. The van der Waals surface area contributed by atoms with Gasteiger partial charge in [0.2, 0.25) is 5.76 Å². The molecule has 2 N–H and O–H groups in total. The highest BCUT2D eigenvalue weighted by Gasteiger charge is 2.35. The largest absolute Gasteiger partial charge is 0.508 e. The van der Waals surface area contributed by atoms with E-state index in [1.165, 1.54) is 12.1 Å². The zero-order valence-electron chi connectivity index (χ0n) is 11.4. The SMILES string of the molecule is O=C1NC(c2ccc(O)cc2)c2c1oc1ccccc1c2=O. The standard InChI is InChI=1S/C17H11NO4/c19-10-7-5-9(6-8-10)14-13-15(20)11-3-1-2-4-12(11)22-16(13)17(21)18-14/h1-8,14,19H,(H,18,21). The molecule has 1 aliphatic rings. The maximum atomic E-state index is 12.7. The number of aromatic hydroxyl groups is 1. The molecule has 0 saturated carbocycles. The molecule has 0 aliphatic carbocycles. The Kier molecular flexibility index (Phi) is 2.56. The zero-order valence-corrected chi connectivity index (χ0v) is 11.4. The van der Waals surface area contributed by atoms with E-state index in [-0.39, 0.29) is 16.9 Å².